The van der Waals surface area contributed by atoms with Gasteiger partial charge in [-0.2, -0.15) is 0 Å². The Morgan fingerprint density at radius 2 is 1.66 bits per heavy atom. The maximum absolute atomic E-state index is 13.2. The summed E-state index contributed by atoms with van der Waals surface area (Å²) in [5.41, 5.74) is 2.77. The van der Waals surface area contributed by atoms with Crippen molar-refractivity contribution in [3.63, 3.8) is 0 Å². The molecule has 0 saturated heterocycles. The van der Waals surface area contributed by atoms with Gasteiger partial charge in [0.05, 0.1) is 28.7 Å². The second-order valence-corrected chi connectivity index (χ2v) is 10.1. The number of hydrogen-bond acceptors (Lipinski definition) is 6. The number of anilines is 1. The van der Waals surface area contributed by atoms with Crippen LogP contribution in [0.1, 0.15) is 27.6 Å². The van der Waals surface area contributed by atoms with Crippen LogP contribution in [0.25, 0.3) is 11.1 Å². The summed E-state index contributed by atoms with van der Waals surface area (Å²) in [5, 5.41) is 14.3. The van der Waals surface area contributed by atoms with Crippen molar-refractivity contribution in [1.82, 2.24) is 21.3 Å². The van der Waals surface area contributed by atoms with Crippen molar-refractivity contribution in [2.45, 2.75) is 19.1 Å². The van der Waals surface area contributed by atoms with Crippen molar-refractivity contribution >= 4 is 52.6 Å². The van der Waals surface area contributed by atoms with Gasteiger partial charge in [0.15, 0.2) is 5.96 Å². The van der Waals surface area contributed by atoms with Gasteiger partial charge in [-0.3, -0.25) is 14.4 Å². The minimum absolute atomic E-state index is 0.0646. The summed E-state index contributed by atoms with van der Waals surface area (Å²) in [6.45, 7) is 2.01. The quantitative estimate of drug-likeness (QED) is 0.238. The van der Waals surface area contributed by atoms with Crippen molar-refractivity contribution < 1.29 is 18.8 Å². The molecular weight excluding hydrogens is 570 g/mol. The predicted molar refractivity (Wildman–Crippen MR) is 159 cm³/mol. The van der Waals surface area contributed by atoms with Crippen molar-refractivity contribution in [1.29, 1.82) is 0 Å². The minimum atomic E-state index is -1.03. The number of nitrogens with zero attached hydrogens (tertiary/aromatic N) is 1. The van der Waals surface area contributed by atoms with Gasteiger partial charge >= 0.3 is 0 Å². The van der Waals surface area contributed by atoms with Crippen LogP contribution in [0.5, 0.6) is 0 Å². The normalized spacial score (nSPS) is 15.1. The largest absolute Gasteiger partial charge is 0.353 e. The number of guanidine groups is 1. The van der Waals surface area contributed by atoms with E-state index in [0.29, 0.717) is 17.2 Å². The summed E-state index contributed by atoms with van der Waals surface area (Å²) in [4.78, 5) is 42.0. The summed E-state index contributed by atoms with van der Waals surface area (Å²) in [6, 6.07) is 18.7. The Balaban J connectivity index is 1.23. The molecule has 3 amide bonds. The third-order valence-electron chi connectivity index (χ3n) is 6.15. The number of amides is 3. The molecule has 5 N–H and O–H groups in total. The van der Waals surface area contributed by atoms with Gasteiger partial charge in [-0.25, -0.2) is 9.38 Å². The van der Waals surface area contributed by atoms with Crippen LogP contribution >= 0.6 is 23.2 Å². The highest BCUT2D eigenvalue weighted by molar-refractivity contribution is 6.40. The molecule has 0 spiro atoms. The Bertz CT molecular complexity index is 1430. The van der Waals surface area contributed by atoms with Gasteiger partial charge in [0.25, 0.3) is 11.8 Å². The molecule has 4 rings (SSSR count). The lowest BCUT2D eigenvalue weighted by molar-refractivity contribution is -0.122. The average Bonchev–Trinajstić information content (AvgIpc) is 2.96. The van der Waals surface area contributed by atoms with Crippen LogP contribution in [-0.4, -0.2) is 62.1 Å². The zero-order valence-corrected chi connectivity index (χ0v) is 23.7. The van der Waals surface area contributed by atoms with Crippen LogP contribution in [0.15, 0.2) is 71.7 Å². The number of nitrogens with one attached hydrogen (secondary N) is 5. The van der Waals surface area contributed by atoms with Gasteiger partial charge in [0.1, 0.15) is 12.2 Å². The molecule has 1 aliphatic rings. The number of carbonyl (C=O) groups excluding carboxylic acids is 3. The molecule has 3 aromatic carbocycles. The van der Waals surface area contributed by atoms with Crippen LogP contribution in [0.2, 0.25) is 10.0 Å². The lowest BCUT2D eigenvalue weighted by atomic mass is 10.0. The van der Waals surface area contributed by atoms with E-state index in [1.54, 1.807) is 43.3 Å². The molecule has 0 fully saturated rings. The highest BCUT2D eigenvalue weighted by Crippen LogP contribution is 2.31. The molecule has 12 heteroatoms. The Morgan fingerprint density at radius 1 is 0.951 bits per heavy atom. The fourth-order valence-corrected chi connectivity index (χ4v) is 4.67. The second-order valence-electron chi connectivity index (χ2n) is 9.30. The SMILES string of the molecule is CC(NC(=O)c1cccc(NC2=NCC(F)CN2)c1)C(=O)NCCNC(=O)c1c(Cl)cc(-c2ccccc2)cc1Cl. The molecule has 0 bridgehead atoms. The summed E-state index contributed by atoms with van der Waals surface area (Å²) < 4.78 is 13.2. The van der Waals surface area contributed by atoms with E-state index < -0.39 is 29.9 Å². The Labute approximate surface area is 246 Å². The molecule has 2 unspecified atom stereocenters. The van der Waals surface area contributed by atoms with Crippen molar-refractivity contribution in [3.8, 4) is 11.1 Å². The van der Waals surface area contributed by atoms with E-state index in [-0.39, 0.29) is 41.8 Å². The Morgan fingerprint density at radius 3 is 2.34 bits per heavy atom. The van der Waals surface area contributed by atoms with E-state index in [0.717, 1.165) is 11.1 Å². The third-order valence-corrected chi connectivity index (χ3v) is 6.75. The maximum atomic E-state index is 13.2. The summed E-state index contributed by atoms with van der Waals surface area (Å²) in [7, 11) is 0. The fraction of sp³-hybridized carbons (Fsp3) is 0.241. The number of carbonyl (C=O) groups is 3. The Hall–Kier alpha value is -4.15. The first-order valence-corrected chi connectivity index (χ1v) is 13.7. The molecule has 214 valence electrons. The smallest absolute Gasteiger partial charge is 0.254 e. The van der Waals surface area contributed by atoms with Crippen LogP contribution in [0.3, 0.4) is 0 Å². The maximum Gasteiger partial charge on any atom is 0.254 e. The molecule has 0 saturated carbocycles. The monoisotopic (exact) mass is 598 g/mol. The molecule has 0 radical (unpaired) electrons. The molecule has 0 aromatic heterocycles. The summed E-state index contributed by atoms with van der Waals surface area (Å²) in [5.74, 6) is -0.922. The summed E-state index contributed by atoms with van der Waals surface area (Å²) >= 11 is 12.7. The standard InChI is InChI=1S/C29H29Cl2FN6O3/c1-17(37-27(40)19-8-5-9-22(12-19)38-29-35-15-21(32)16-36-29)26(39)33-10-11-34-28(41)25-23(30)13-20(14-24(25)31)18-6-3-2-4-7-18/h2-9,12-14,17,21H,10-11,15-16H2,1H3,(H,33,39)(H,34,41)(H,37,40)(H2,35,36,38). The van der Waals surface area contributed by atoms with Gasteiger partial charge < -0.3 is 26.6 Å². The predicted octanol–water partition coefficient (Wildman–Crippen LogP) is 4.03. The first kappa shape index (κ1) is 29.8. The van der Waals surface area contributed by atoms with Crippen molar-refractivity contribution in [2.24, 2.45) is 4.99 Å². The average molecular weight is 599 g/mol. The molecule has 41 heavy (non-hydrogen) atoms. The van der Waals surface area contributed by atoms with Gasteiger partial charge in [-0.1, -0.05) is 59.6 Å². The van der Waals surface area contributed by atoms with Crippen LogP contribution in [-0.2, 0) is 4.79 Å². The van der Waals surface area contributed by atoms with Crippen molar-refractivity contribution in [3.05, 3.63) is 87.9 Å². The molecule has 9 nitrogen and oxygen atoms in total. The molecule has 1 aliphatic heterocycles. The number of alkyl halides is 1. The van der Waals surface area contributed by atoms with E-state index in [9.17, 15) is 18.8 Å². The lowest BCUT2D eigenvalue weighted by Crippen LogP contribution is -2.46. The van der Waals surface area contributed by atoms with Gasteiger partial charge in [0, 0.05) is 24.3 Å². The first-order chi connectivity index (χ1) is 19.7. The topological polar surface area (TPSA) is 124 Å². The third kappa shape index (κ3) is 8.18. The first-order valence-electron chi connectivity index (χ1n) is 12.9. The number of halogens is 3. The second kappa shape index (κ2) is 14.0. The van der Waals surface area contributed by atoms with E-state index in [1.165, 1.54) is 0 Å². The number of hydrogen-bond donors (Lipinski definition) is 5. The molecule has 1 heterocycles. The minimum Gasteiger partial charge on any atom is -0.353 e. The number of rotatable bonds is 9. The number of aliphatic imine (C=N–C) groups is 1. The zero-order chi connectivity index (χ0) is 29.4. The molecular formula is C29H29Cl2FN6O3. The van der Waals surface area contributed by atoms with E-state index in [1.807, 2.05) is 30.3 Å². The van der Waals surface area contributed by atoms with Gasteiger partial charge in [-0.05, 0) is 48.4 Å². The highest BCUT2D eigenvalue weighted by atomic mass is 35.5. The number of benzene rings is 3. The molecule has 2 atom stereocenters. The molecule has 0 aliphatic carbocycles. The van der Waals surface area contributed by atoms with E-state index in [4.69, 9.17) is 23.2 Å². The van der Waals surface area contributed by atoms with Crippen LogP contribution < -0.4 is 26.6 Å². The van der Waals surface area contributed by atoms with Gasteiger partial charge in [0.2, 0.25) is 5.91 Å². The van der Waals surface area contributed by atoms with Crippen LogP contribution in [0, 0.1) is 0 Å². The zero-order valence-electron chi connectivity index (χ0n) is 22.1. The van der Waals surface area contributed by atoms with E-state index >= 15 is 0 Å². The van der Waals surface area contributed by atoms with E-state index in [2.05, 4.69) is 31.6 Å². The van der Waals surface area contributed by atoms with Gasteiger partial charge in [-0.15, -0.1) is 0 Å². The highest BCUT2D eigenvalue weighted by Gasteiger charge is 2.19. The van der Waals surface area contributed by atoms with Crippen LogP contribution in [0.4, 0.5) is 10.1 Å². The van der Waals surface area contributed by atoms with Crippen molar-refractivity contribution in [2.75, 3.05) is 31.5 Å². The molecule has 3 aromatic rings. The lowest BCUT2D eigenvalue weighted by Gasteiger charge is -2.19. The Kier molecular flexibility index (Phi) is 10.2. The fourth-order valence-electron chi connectivity index (χ4n) is 4.01. The summed E-state index contributed by atoms with van der Waals surface area (Å²) in [6.07, 6.45) is -1.03.